The molecule has 3 rings (SSSR count). The molecule has 0 aromatic heterocycles. The SMILES string of the molecule is CC(NC1CCN2CCCCC12)C1CCOC1. The molecule has 3 heteroatoms. The molecule has 0 amide bonds. The zero-order chi connectivity index (χ0) is 11.7. The normalized spacial score (nSPS) is 40.4. The first kappa shape index (κ1) is 11.9. The Hall–Kier alpha value is -0.120. The molecule has 3 fully saturated rings. The summed E-state index contributed by atoms with van der Waals surface area (Å²) in [7, 11) is 0. The molecule has 0 aromatic rings. The highest BCUT2D eigenvalue weighted by molar-refractivity contribution is 4.95. The van der Waals surface area contributed by atoms with Crippen LogP contribution in [0.5, 0.6) is 0 Å². The summed E-state index contributed by atoms with van der Waals surface area (Å²) >= 11 is 0. The first-order valence-corrected chi connectivity index (χ1v) is 7.42. The minimum absolute atomic E-state index is 0.629. The van der Waals surface area contributed by atoms with Crippen LogP contribution < -0.4 is 5.32 Å². The van der Waals surface area contributed by atoms with Crippen LogP contribution in [0, 0.1) is 5.92 Å². The third kappa shape index (κ3) is 2.51. The van der Waals surface area contributed by atoms with E-state index in [1.54, 1.807) is 0 Å². The van der Waals surface area contributed by atoms with E-state index in [2.05, 4.69) is 17.1 Å². The number of hydrogen-bond acceptors (Lipinski definition) is 3. The minimum Gasteiger partial charge on any atom is -0.381 e. The summed E-state index contributed by atoms with van der Waals surface area (Å²) in [4.78, 5) is 2.71. The number of hydrogen-bond donors (Lipinski definition) is 1. The summed E-state index contributed by atoms with van der Waals surface area (Å²) in [6.07, 6.45) is 6.85. The van der Waals surface area contributed by atoms with E-state index in [4.69, 9.17) is 4.74 Å². The third-order valence-electron chi connectivity index (χ3n) is 5.00. The molecule has 3 heterocycles. The van der Waals surface area contributed by atoms with E-state index in [9.17, 15) is 0 Å². The average molecular weight is 238 g/mol. The van der Waals surface area contributed by atoms with Crippen LogP contribution in [0.4, 0.5) is 0 Å². The summed E-state index contributed by atoms with van der Waals surface area (Å²) < 4.78 is 5.50. The summed E-state index contributed by atoms with van der Waals surface area (Å²) in [6, 6.07) is 2.20. The molecule has 1 N–H and O–H groups in total. The maximum absolute atomic E-state index is 5.50. The average Bonchev–Trinajstić information content (AvgIpc) is 2.98. The second-order valence-electron chi connectivity index (χ2n) is 6.07. The molecule has 3 aliphatic rings. The van der Waals surface area contributed by atoms with Crippen molar-refractivity contribution in [2.75, 3.05) is 26.3 Å². The van der Waals surface area contributed by atoms with Crippen LogP contribution in [0.3, 0.4) is 0 Å². The van der Waals surface area contributed by atoms with Gasteiger partial charge in [0.05, 0.1) is 6.61 Å². The van der Waals surface area contributed by atoms with Gasteiger partial charge in [-0.3, -0.25) is 4.90 Å². The van der Waals surface area contributed by atoms with Crippen LogP contribution in [0.2, 0.25) is 0 Å². The van der Waals surface area contributed by atoms with Crippen molar-refractivity contribution in [1.29, 1.82) is 0 Å². The van der Waals surface area contributed by atoms with Gasteiger partial charge in [0.1, 0.15) is 0 Å². The highest BCUT2D eigenvalue weighted by Gasteiger charge is 2.36. The van der Waals surface area contributed by atoms with Crippen LogP contribution in [0.15, 0.2) is 0 Å². The maximum Gasteiger partial charge on any atom is 0.0509 e. The number of rotatable bonds is 3. The van der Waals surface area contributed by atoms with E-state index in [0.717, 1.165) is 31.2 Å². The number of piperidine rings is 1. The zero-order valence-electron chi connectivity index (χ0n) is 11.0. The number of ether oxygens (including phenoxy) is 1. The van der Waals surface area contributed by atoms with Crippen LogP contribution in [0.25, 0.3) is 0 Å². The van der Waals surface area contributed by atoms with Crippen molar-refractivity contribution in [3.8, 4) is 0 Å². The van der Waals surface area contributed by atoms with Gasteiger partial charge in [-0.25, -0.2) is 0 Å². The van der Waals surface area contributed by atoms with Crippen molar-refractivity contribution in [2.45, 2.75) is 57.2 Å². The molecule has 0 aliphatic carbocycles. The maximum atomic E-state index is 5.50. The van der Waals surface area contributed by atoms with Gasteiger partial charge < -0.3 is 10.1 Å². The van der Waals surface area contributed by atoms with E-state index in [0.29, 0.717) is 6.04 Å². The summed E-state index contributed by atoms with van der Waals surface area (Å²) in [6.45, 7) is 6.94. The lowest BCUT2D eigenvalue weighted by Crippen LogP contribution is -2.49. The molecule has 0 spiro atoms. The minimum atomic E-state index is 0.629. The molecule has 0 bridgehead atoms. The van der Waals surface area contributed by atoms with Crippen LogP contribution in [-0.4, -0.2) is 49.3 Å². The second-order valence-corrected chi connectivity index (χ2v) is 6.07. The van der Waals surface area contributed by atoms with E-state index >= 15 is 0 Å². The van der Waals surface area contributed by atoms with Gasteiger partial charge in [0.25, 0.3) is 0 Å². The lowest BCUT2D eigenvalue weighted by molar-refractivity contribution is 0.161. The predicted octanol–water partition coefficient (Wildman–Crippen LogP) is 1.63. The van der Waals surface area contributed by atoms with Gasteiger partial charge in [0.15, 0.2) is 0 Å². The molecule has 3 nitrogen and oxygen atoms in total. The second kappa shape index (κ2) is 5.25. The van der Waals surface area contributed by atoms with Crippen molar-refractivity contribution >= 4 is 0 Å². The van der Waals surface area contributed by atoms with Crippen LogP contribution in [-0.2, 0) is 4.74 Å². The summed E-state index contributed by atoms with van der Waals surface area (Å²) in [5.74, 6) is 0.743. The predicted molar refractivity (Wildman–Crippen MR) is 69.1 cm³/mol. The highest BCUT2D eigenvalue weighted by Crippen LogP contribution is 2.28. The number of nitrogens with zero attached hydrogens (tertiary/aromatic N) is 1. The molecule has 0 radical (unpaired) electrons. The Morgan fingerprint density at radius 3 is 2.94 bits per heavy atom. The van der Waals surface area contributed by atoms with E-state index in [-0.39, 0.29) is 0 Å². The first-order chi connectivity index (χ1) is 8.34. The number of fused-ring (bicyclic) bond motifs is 1. The van der Waals surface area contributed by atoms with Crippen LogP contribution in [0.1, 0.15) is 39.0 Å². The van der Waals surface area contributed by atoms with Gasteiger partial charge in [-0.05, 0) is 45.1 Å². The van der Waals surface area contributed by atoms with Crippen molar-refractivity contribution in [2.24, 2.45) is 5.92 Å². The Bertz CT molecular complexity index is 253. The van der Waals surface area contributed by atoms with Gasteiger partial charge in [0, 0.05) is 31.3 Å². The molecule has 4 unspecified atom stereocenters. The van der Waals surface area contributed by atoms with Gasteiger partial charge >= 0.3 is 0 Å². The Kier molecular flexibility index (Phi) is 3.69. The van der Waals surface area contributed by atoms with Crippen molar-refractivity contribution in [3.63, 3.8) is 0 Å². The topological polar surface area (TPSA) is 24.5 Å². The molecule has 3 saturated heterocycles. The van der Waals surface area contributed by atoms with Gasteiger partial charge in [-0.1, -0.05) is 6.42 Å². The van der Waals surface area contributed by atoms with Gasteiger partial charge in [0.2, 0.25) is 0 Å². The Labute approximate surface area is 105 Å². The molecular weight excluding hydrogens is 212 g/mol. The highest BCUT2D eigenvalue weighted by atomic mass is 16.5. The lowest BCUT2D eigenvalue weighted by Gasteiger charge is -2.34. The Morgan fingerprint density at radius 2 is 2.12 bits per heavy atom. The molecule has 4 atom stereocenters. The largest absolute Gasteiger partial charge is 0.381 e. The molecule has 17 heavy (non-hydrogen) atoms. The summed E-state index contributed by atoms with van der Waals surface area (Å²) in [5.41, 5.74) is 0. The van der Waals surface area contributed by atoms with Crippen molar-refractivity contribution in [3.05, 3.63) is 0 Å². The van der Waals surface area contributed by atoms with E-state index < -0.39 is 0 Å². The van der Waals surface area contributed by atoms with Crippen molar-refractivity contribution in [1.82, 2.24) is 10.2 Å². The van der Waals surface area contributed by atoms with Gasteiger partial charge in [-0.15, -0.1) is 0 Å². The molecular formula is C14H26N2O. The van der Waals surface area contributed by atoms with Crippen LogP contribution >= 0.6 is 0 Å². The van der Waals surface area contributed by atoms with Gasteiger partial charge in [-0.2, -0.15) is 0 Å². The quantitative estimate of drug-likeness (QED) is 0.809. The lowest BCUT2D eigenvalue weighted by atomic mass is 9.95. The summed E-state index contributed by atoms with van der Waals surface area (Å²) in [5, 5.41) is 3.90. The fraction of sp³-hybridized carbons (Fsp3) is 1.00. The fourth-order valence-electron chi connectivity index (χ4n) is 3.86. The molecule has 98 valence electrons. The third-order valence-corrected chi connectivity index (χ3v) is 5.00. The van der Waals surface area contributed by atoms with Crippen molar-refractivity contribution < 1.29 is 4.74 Å². The monoisotopic (exact) mass is 238 g/mol. The molecule has 3 aliphatic heterocycles. The smallest absolute Gasteiger partial charge is 0.0509 e. The number of nitrogens with one attached hydrogen (secondary N) is 1. The van der Waals surface area contributed by atoms with E-state index in [1.807, 2.05) is 0 Å². The first-order valence-electron chi connectivity index (χ1n) is 7.42. The molecule has 0 saturated carbocycles. The Morgan fingerprint density at radius 1 is 1.18 bits per heavy atom. The van der Waals surface area contributed by atoms with E-state index in [1.165, 1.54) is 45.2 Å². The fourth-order valence-corrected chi connectivity index (χ4v) is 3.86. The Balaban J connectivity index is 1.54. The zero-order valence-corrected chi connectivity index (χ0v) is 11.0. The molecule has 0 aromatic carbocycles. The standard InChI is InChI=1S/C14H26N2O/c1-11(12-6-9-17-10-12)15-13-5-8-16-7-3-2-4-14(13)16/h11-15H,2-10H2,1H3.